The summed E-state index contributed by atoms with van der Waals surface area (Å²) in [6, 6.07) is 17.1. The average molecular weight is 612 g/mol. The molecule has 0 unspecified atom stereocenters. The van der Waals surface area contributed by atoms with Crippen LogP contribution >= 0.6 is 58.2 Å². The van der Waals surface area contributed by atoms with Crippen LogP contribution in [-0.4, -0.2) is 17.3 Å². The smallest absolute Gasteiger partial charge is 0.270 e. The number of thioether (sulfide) groups is 1. The van der Waals surface area contributed by atoms with E-state index in [4.69, 9.17) is 33.3 Å². The molecule has 1 fully saturated rings. The van der Waals surface area contributed by atoms with Gasteiger partial charge >= 0.3 is 0 Å². The predicted molar refractivity (Wildman–Crippen MR) is 144 cm³/mol. The Balaban J connectivity index is 1.59. The summed E-state index contributed by atoms with van der Waals surface area (Å²) in [5.41, 5.74) is 1.85. The van der Waals surface area contributed by atoms with Crippen LogP contribution in [0.2, 0.25) is 5.02 Å². The Hall–Kier alpha value is -2.14. The number of carbonyl (C=O) groups is 1. The van der Waals surface area contributed by atoms with Crippen molar-refractivity contribution in [3.63, 3.8) is 0 Å². The number of carbonyl (C=O) groups excluding carboxylic acids is 1. The van der Waals surface area contributed by atoms with Crippen LogP contribution < -0.4 is 14.4 Å². The summed E-state index contributed by atoms with van der Waals surface area (Å²) in [6.07, 6.45) is 1.72. The van der Waals surface area contributed by atoms with Crippen molar-refractivity contribution in [2.24, 2.45) is 0 Å². The molecule has 0 atom stereocenters. The Morgan fingerprint density at radius 1 is 1.18 bits per heavy atom. The van der Waals surface area contributed by atoms with Gasteiger partial charge in [-0.3, -0.25) is 9.69 Å². The van der Waals surface area contributed by atoms with Gasteiger partial charge in [0.1, 0.15) is 12.4 Å². The van der Waals surface area contributed by atoms with Crippen LogP contribution in [-0.2, 0) is 11.4 Å². The molecule has 0 aromatic heterocycles. The number of anilines is 1. The predicted octanol–water partition coefficient (Wildman–Crippen LogP) is 7.08. The minimum atomic E-state index is -0.506. The van der Waals surface area contributed by atoms with Crippen molar-refractivity contribution in [1.29, 1.82) is 0 Å². The number of benzene rings is 3. The molecule has 33 heavy (non-hydrogen) atoms. The molecule has 1 amide bonds. The Bertz CT molecular complexity index is 1270. The molecule has 0 N–H and O–H groups in total. The summed E-state index contributed by atoms with van der Waals surface area (Å²) >= 11 is 14.6. The summed E-state index contributed by atoms with van der Waals surface area (Å²) < 4.78 is 26.9. The monoisotopic (exact) mass is 611 g/mol. The normalized spacial score (nSPS) is 14.8. The maximum atomic E-state index is 14.2. The molecule has 4 rings (SSSR count). The van der Waals surface area contributed by atoms with Crippen molar-refractivity contribution >= 4 is 80.2 Å². The van der Waals surface area contributed by atoms with Crippen LogP contribution in [0.3, 0.4) is 0 Å². The third-order valence-corrected chi connectivity index (χ3v) is 7.09. The molecule has 168 valence electrons. The number of amides is 1. The fraction of sp³-hybridized carbons (Fsp3) is 0.0833. The number of ether oxygens (including phenoxy) is 2. The lowest BCUT2D eigenvalue weighted by Crippen LogP contribution is -2.28. The van der Waals surface area contributed by atoms with Gasteiger partial charge in [0, 0.05) is 5.02 Å². The first kappa shape index (κ1) is 24.0. The second kappa shape index (κ2) is 10.4. The molecule has 0 radical (unpaired) electrons. The van der Waals surface area contributed by atoms with Crippen molar-refractivity contribution in [1.82, 2.24) is 0 Å². The lowest BCUT2D eigenvalue weighted by atomic mass is 10.1. The quantitative estimate of drug-likeness (QED) is 0.169. The highest BCUT2D eigenvalue weighted by molar-refractivity contribution is 14.1. The summed E-state index contributed by atoms with van der Waals surface area (Å²) in [5.74, 6) is 0.261. The van der Waals surface area contributed by atoms with E-state index < -0.39 is 5.82 Å². The van der Waals surface area contributed by atoms with Gasteiger partial charge in [-0.05, 0) is 76.2 Å². The largest absolute Gasteiger partial charge is 0.493 e. The highest BCUT2D eigenvalue weighted by Gasteiger charge is 2.34. The molecule has 3 aromatic carbocycles. The minimum absolute atomic E-state index is 0.140. The van der Waals surface area contributed by atoms with Crippen molar-refractivity contribution in [2.75, 3.05) is 12.0 Å². The third kappa shape index (κ3) is 5.34. The molecule has 1 aliphatic rings. The number of rotatable bonds is 6. The molecule has 3 aromatic rings. The summed E-state index contributed by atoms with van der Waals surface area (Å²) in [4.78, 5) is 14.6. The number of hydrogen-bond donors (Lipinski definition) is 0. The first-order valence-electron chi connectivity index (χ1n) is 9.64. The zero-order valence-electron chi connectivity index (χ0n) is 17.2. The Kier molecular flexibility index (Phi) is 7.58. The topological polar surface area (TPSA) is 38.8 Å². The number of hydrogen-bond acceptors (Lipinski definition) is 5. The van der Waals surface area contributed by atoms with Gasteiger partial charge in [0.05, 0.1) is 21.3 Å². The molecular formula is C24H16ClFINO3S2. The first-order valence-corrected chi connectivity index (χ1v) is 12.3. The van der Waals surface area contributed by atoms with Gasteiger partial charge in [0.15, 0.2) is 15.8 Å². The van der Waals surface area contributed by atoms with E-state index in [0.717, 1.165) is 26.5 Å². The number of nitrogens with zero attached hydrogens (tertiary/aromatic N) is 1. The molecule has 4 nitrogen and oxygen atoms in total. The van der Waals surface area contributed by atoms with E-state index in [0.29, 0.717) is 28.0 Å². The molecule has 9 heteroatoms. The number of thiocarbonyl (C=S) groups is 1. The van der Waals surface area contributed by atoms with E-state index >= 15 is 0 Å². The molecule has 1 aliphatic heterocycles. The second-order valence-corrected chi connectivity index (χ2v) is 10.2. The van der Waals surface area contributed by atoms with E-state index in [-0.39, 0.29) is 15.9 Å². The number of para-hydroxylation sites is 1. The molecule has 0 saturated carbocycles. The SMILES string of the molecule is COc1cc(/C=C2\SC(=S)N(c3ccccc3F)C2=O)cc(I)c1OCc1ccc(Cl)cc1. The van der Waals surface area contributed by atoms with E-state index in [1.165, 1.54) is 17.0 Å². The van der Waals surface area contributed by atoms with Gasteiger partial charge in [-0.1, -0.05) is 59.8 Å². The Labute approximate surface area is 218 Å². The van der Waals surface area contributed by atoms with Gasteiger partial charge in [-0.25, -0.2) is 4.39 Å². The zero-order valence-corrected chi connectivity index (χ0v) is 21.7. The summed E-state index contributed by atoms with van der Waals surface area (Å²) in [7, 11) is 1.56. The fourth-order valence-electron chi connectivity index (χ4n) is 3.16. The highest BCUT2D eigenvalue weighted by Crippen LogP contribution is 2.39. The zero-order chi connectivity index (χ0) is 23.5. The van der Waals surface area contributed by atoms with Crippen molar-refractivity contribution in [3.05, 3.63) is 91.1 Å². The second-order valence-electron chi connectivity index (χ2n) is 6.92. The van der Waals surface area contributed by atoms with Crippen LogP contribution in [0.4, 0.5) is 10.1 Å². The van der Waals surface area contributed by atoms with E-state index in [9.17, 15) is 9.18 Å². The van der Waals surface area contributed by atoms with E-state index in [1.54, 1.807) is 31.4 Å². The van der Waals surface area contributed by atoms with Crippen molar-refractivity contribution < 1.29 is 18.7 Å². The van der Waals surface area contributed by atoms with Crippen molar-refractivity contribution in [2.45, 2.75) is 6.61 Å². The first-order chi connectivity index (χ1) is 15.9. The fourth-order valence-corrected chi connectivity index (χ4v) is 5.35. The highest BCUT2D eigenvalue weighted by atomic mass is 127. The van der Waals surface area contributed by atoms with Crippen LogP contribution in [0.1, 0.15) is 11.1 Å². The molecule has 1 saturated heterocycles. The molecule has 0 aliphatic carbocycles. The van der Waals surface area contributed by atoms with Crippen LogP contribution in [0.15, 0.2) is 65.6 Å². The maximum Gasteiger partial charge on any atom is 0.270 e. The molecule has 0 spiro atoms. The summed E-state index contributed by atoms with van der Waals surface area (Å²) in [5, 5.41) is 0.663. The molecule has 1 heterocycles. The van der Waals surface area contributed by atoms with Crippen LogP contribution in [0.5, 0.6) is 11.5 Å². The van der Waals surface area contributed by atoms with Crippen molar-refractivity contribution in [3.8, 4) is 11.5 Å². The maximum absolute atomic E-state index is 14.2. The standard InChI is InChI=1S/C24H16ClFINO3S2/c1-30-20-11-15(10-18(27)22(20)31-13-14-6-8-16(25)9-7-14)12-21-23(29)28(24(32)33-21)19-5-3-2-4-17(19)26/h2-12H,13H2,1H3/b21-12-. The van der Waals surface area contributed by atoms with Crippen LogP contribution in [0, 0.1) is 9.39 Å². The van der Waals surface area contributed by atoms with Gasteiger partial charge in [-0.2, -0.15) is 0 Å². The van der Waals surface area contributed by atoms with Gasteiger partial charge in [0.25, 0.3) is 5.91 Å². The van der Waals surface area contributed by atoms with E-state index in [1.807, 2.05) is 30.3 Å². The summed E-state index contributed by atoms with van der Waals surface area (Å²) in [6.45, 7) is 0.351. The Morgan fingerprint density at radius 2 is 1.91 bits per heavy atom. The minimum Gasteiger partial charge on any atom is -0.493 e. The number of methoxy groups -OCH3 is 1. The Morgan fingerprint density at radius 3 is 2.61 bits per heavy atom. The lowest BCUT2D eigenvalue weighted by molar-refractivity contribution is -0.113. The van der Waals surface area contributed by atoms with Gasteiger partial charge in [0.2, 0.25) is 0 Å². The lowest BCUT2D eigenvalue weighted by Gasteiger charge is -2.15. The average Bonchev–Trinajstić information content (AvgIpc) is 3.07. The van der Waals surface area contributed by atoms with Gasteiger partial charge < -0.3 is 9.47 Å². The molecular weight excluding hydrogens is 596 g/mol. The third-order valence-electron chi connectivity index (χ3n) is 4.73. The van der Waals surface area contributed by atoms with E-state index in [2.05, 4.69) is 22.6 Å². The number of halogens is 3. The van der Waals surface area contributed by atoms with Gasteiger partial charge in [-0.15, -0.1) is 0 Å². The molecule has 0 bridgehead atoms. The van der Waals surface area contributed by atoms with Crippen LogP contribution in [0.25, 0.3) is 6.08 Å².